The summed E-state index contributed by atoms with van der Waals surface area (Å²) >= 11 is 1.16. The summed E-state index contributed by atoms with van der Waals surface area (Å²) in [4.78, 5) is 45.6. The maximum absolute atomic E-state index is 14.6. The summed E-state index contributed by atoms with van der Waals surface area (Å²) in [6.45, 7) is 5.44. The first kappa shape index (κ1) is 28.7. The number of ether oxygens (including phenoxy) is 3. The Kier molecular flexibility index (Phi) is 7.86. The van der Waals surface area contributed by atoms with Crippen LogP contribution in [0.4, 0.5) is 4.39 Å². The lowest BCUT2D eigenvalue weighted by molar-refractivity contribution is -0.125. The normalized spacial score (nSPS) is 15.3. The van der Waals surface area contributed by atoms with Crippen LogP contribution in [0.1, 0.15) is 43.9 Å². The lowest BCUT2D eigenvalue weighted by atomic mass is 10.0. The van der Waals surface area contributed by atoms with E-state index in [1.807, 2.05) is 0 Å². The minimum absolute atomic E-state index is 0.118. The van der Waals surface area contributed by atoms with Crippen LogP contribution < -0.4 is 21.7 Å². The Morgan fingerprint density at radius 3 is 2.66 bits per heavy atom. The van der Waals surface area contributed by atoms with Gasteiger partial charge in [-0.15, -0.1) is 11.3 Å². The van der Waals surface area contributed by atoms with Gasteiger partial charge >= 0.3 is 5.69 Å². The Labute approximate surface area is 238 Å². The van der Waals surface area contributed by atoms with Crippen LogP contribution in [-0.4, -0.2) is 46.5 Å². The van der Waals surface area contributed by atoms with Gasteiger partial charge in [0.2, 0.25) is 11.8 Å². The van der Waals surface area contributed by atoms with Gasteiger partial charge in [0.15, 0.2) is 0 Å². The van der Waals surface area contributed by atoms with E-state index in [0.29, 0.717) is 52.6 Å². The molecule has 5 rings (SSSR count). The summed E-state index contributed by atoms with van der Waals surface area (Å²) in [5, 5.41) is 0.216. The number of oxazole rings is 1. The Morgan fingerprint density at radius 2 is 2.02 bits per heavy atom. The highest BCUT2D eigenvalue weighted by molar-refractivity contribution is 7.22. The standard InChI is InChI=1S/C28H31FN4O7S/c1-15-21-24(34)33(28(2,3)26(30)35)27(36)32(25(21)41-22(15)23-31-9-12-39-23)14-20(40-17-7-10-38-11-8-17)18-13-16(29)5-6-19(18)37-4/h5-6,9,12-13,17,20H,7-8,10-11,14H2,1-4H3,(H2,30,35)/t20-/m0/s1. The van der Waals surface area contributed by atoms with Crippen molar-refractivity contribution in [3.05, 3.63) is 68.4 Å². The number of fused-ring (bicyclic) bond motifs is 1. The first-order valence-corrected chi connectivity index (χ1v) is 13.9. The average molecular weight is 587 g/mol. The molecule has 1 fully saturated rings. The van der Waals surface area contributed by atoms with Crippen molar-refractivity contribution >= 4 is 27.5 Å². The van der Waals surface area contributed by atoms with Crippen molar-refractivity contribution < 1.29 is 27.8 Å². The molecule has 1 aliphatic rings. The molecule has 3 aromatic heterocycles. The van der Waals surface area contributed by atoms with E-state index >= 15 is 0 Å². The summed E-state index contributed by atoms with van der Waals surface area (Å²) in [6.07, 6.45) is 3.02. The zero-order valence-electron chi connectivity index (χ0n) is 23.1. The van der Waals surface area contributed by atoms with Crippen molar-refractivity contribution in [3.8, 4) is 16.5 Å². The Morgan fingerprint density at radius 1 is 1.29 bits per heavy atom. The molecule has 2 N–H and O–H groups in total. The number of hydrogen-bond acceptors (Lipinski definition) is 9. The molecule has 41 heavy (non-hydrogen) atoms. The van der Waals surface area contributed by atoms with Crippen LogP contribution in [0.25, 0.3) is 21.0 Å². The molecule has 1 atom stereocenters. The van der Waals surface area contributed by atoms with E-state index in [-0.39, 0.29) is 23.9 Å². The van der Waals surface area contributed by atoms with Gasteiger partial charge in [-0.2, -0.15) is 0 Å². The topological polar surface area (TPSA) is 141 Å². The van der Waals surface area contributed by atoms with Crippen molar-refractivity contribution in [2.24, 2.45) is 5.73 Å². The van der Waals surface area contributed by atoms with Gasteiger partial charge in [-0.25, -0.2) is 18.7 Å². The third-order valence-corrected chi connectivity index (χ3v) is 8.72. The van der Waals surface area contributed by atoms with Crippen molar-refractivity contribution in [1.29, 1.82) is 0 Å². The van der Waals surface area contributed by atoms with Crippen molar-refractivity contribution in [3.63, 3.8) is 0 Å². The van der Waals surface area contributed by atoms with Gasteiger partial charge in [0, 0.05) is 18.8 Å². The van der Waals surface area contributed by atoms with Gasteiger partial charge in [0.1, 0.15) is 34.3 Å². The summed E-state index contributed by atoms with van der Waals surface area (Å²) in [7, 11) is 1.47. The van der Waals surface area contributed by atoms with Gasteiger partial charge in [-0.3, -0.25) is 14.2 Å². The lowest BCUT2D eigenvalue weighted by Crippen LogP contribution is -2.54. The number of thiophene rings is 1. The minimum atomic E-state index is -1.66. The van der Waals surface area contributed by atoms with Crippen LogP contribution in [0, 0.1) is 12.7 Å². The number of halogens is 1. The maximum atomic E-state index is 14.6. The fraction of sp³-hybridized carbons (Fsp3) is 0.429. The molecule has 0 saturated carbocycles. The van der Waals surface area contributed by atoms with E-state index in [0.717, 1.165) is 15.9 Å². The van der Waals surface area contributed by atoms with Gasteiger partial charge in [0.25, 0.3) is 5.56 Å². The van der Waals surface area contributed by atoms with E-state index in [1.165, 1.54) is 56.2 Å². The number of aryl methyl sites for hydroxylation is 1. The molecule has 11 nitrogen and oxygen atoms in total. The van der Waals surface area contributed by atoms with Gasteiger partial charge in [0.05, 0.1) is 36.2 Å². The molecule has 0 radical (unpaired) electrons. The van der Waals surface area contributed by atoms with E-state index in [4.69, 9.17) is 24.4 Å². The number of aromatic nitrogens is 3. The predicted molar refractivity (Wildman–Crippen MR) is 150 cm³/mol. The van der Waals surface area contributed by atoms with Crippen LogP contribution in [0.15, 0.2) is 44.7 Å². The summed E-state index contributed by atoms with van der Waals surface area (Å²) < 4.78 is 39.8. The number of hydrogen-bond donors (Lipinski definition) is 1. The second-order valence-corrected chi connectivity index (χ2v) is 11.4. The second kappa shape index (κ2) is 11.2. The smallest absolute Gasteiger partial charge is 0.333 e. The third kappa shape index (κ3) is 5.20. The molecule has 1 aromatic carbocycles. The zero-order chi connectivity index (χ0) is 29.5. The fourth-order valence-corrected chi connectivity index (χ4v) is 6.27. The van der Waals surface area contributed by atoms with Crippen LogP contribution in [0.3, 0.4) is 0 Å². The molecule has 0 bridgehead atoms. The molecule has 4 aromatic rings. The largest absolute Gasteiger partial charge is 0.496 e. The van der Waals surface area contributed by atoms with Gasteiger partial charge < -0.3 is 24.4 Å². The quantitative estimate of drug-likeness (QED) is 0.314. The van der Waals surface area contributed by atoms with Crippen LogP contribution >= 0.6 is 11.3 Å². The summed E-state index contributed by atoms with van der Waals surface area (Å²) in [5.41, 5.74) is 3.51. The highest BCUT2D eigenvalue weighted by Gasteiger charge is 2.35. The molecule has 0 unspecified atom stereocenters. The van der Waals surface area contributed by atoms with Crippen LogP contribution in [-0.2, 0) is 26.4 Å². The molecule has 13 heteroatoms. The van der Waals surface area contributed by atoms with E-state index < -0.39 is 34.6 Å². The van der Waals surface area contributed by atoms with E-state index in [9.17, 15) is 18.8 Å². The molecular formula is C28H31FN4O7S. The first-order valence-electron chi connectivity index (χ1n) is 13.1. The summed E-state index contributed by atoms with van der Waals surface area (Å²) in [5.74, 6) is -0.701. The SMILES string of the molecule is COc1ccc(F)cc1[C@H](Cn1c(=O)n(C(C)(C)C(N)=O)c(=O)c2c(C)c(-c3ncco3)sc21)OC1CCOCC1. The number of rotatable bonds is 9. The second-order valence-electron chi connectivity index (χ2n) is 10.4. The Bertz CT molecular complexity index is 1700. The van der Waals surface area contributed by atoms with Gasteiger partial charge in [-0.05, 0) is 57.4 Å². The maximum Gasteiger partial charge on any atom is 0.333 e. The van der Waals surface area contributed by atoms with E-state index in [2.05, 4.69) is 4.98 Å². The van der Waals surface area contributed by atoms with Crippen LogP contribution in [0.2, 0.25) is 0 Å². The number of nitrogens with zero attached hydrogens (tertiary/aromatic N) is 3. The highest BCUT2D eigenvalue weighted by atomic mass is 32.1. The number of amides is 1. The Hall–Kier alpha value is -3.81. The fourth-order valence-electron chi connectivity index (χ4n) is 5.03. The number of carbonyl (C=O) groups is 1. The lowest BCUT2D eigenvalue weighted by Gasteiger charge is -2.30. The molecule has 1 amide bonds. The third-order valence-electron chi connectivity index (χ3n) is 7.41. The minimum Gasteiger partial charge on any atom is -0.496 e. The number of benzene rings is 1. The van der Waals surface area contributed by atoms with Gasteiger partial charge in [-0.1, -0.05) is 0 Å². The molecule has 4 heterocycles. The molecular weight excluding hydrogens is 555 g/mol. The monoisotopic (exact) mass is 586 g/mol. The molecule has 1 saturated heterocycles. The van der Waals surface area contributed by atoms with Crippen molar-refractivity contribution in [2.45, 2.75) is 57.9 Å². The molecule has 1 aliphatic heterocycles. The predicted octanol–water partition coefficient (Wildman–Crippen LogP) is 3.49. The Balaban J connectivity index is 1.77. The number of carbonyl (C=O) groups excluding carboxylic acids is 1. The van der Waals surface area contributed by atoms with Crippen LogP contribution in [0.5, 0.6) is 5.75 Å². The zero-order valence-corrected chi connectivity index (χ0v) is 24.0. The number of nitrogens with two attached hydrogens (primary N) is 1. The van der Waals surface area contributed by atoms with Crippen molar-refractivity contribution in [2.75, 3.05) is 20.3 Å². The first-order chi connectivity index (χ1) is 19.5. The van der Waals surface area contributed by atoms with Crippen molar-refractivity contribution in [1.82, 2.24) is 14.1 Å². The summed E-state index contributed by atoms with van der Waals surface area (Å²) in [6, 6.07) is 4.09. The van der Waals surface area contributed by atoms with E-state index in [1.54, 1.807) is 6.92 Å². The number of primary amides is 1. The molecule has 0 spiro atoms. The number of methoxy groups -OCH3 is 1. The molecule has 218 valence electrons. The molecule has 0 aliphatic carbocycles. The average Bonchev–Trinajstić information content (AvgIpc) is 3.59. The highest BCUT2D eigenvalue weighted by Crippen LogP contribution is 2.38.